The average molecular weight is 192 g/mol. The van der Waals surface area contributed by atoms with Gasteiger partial charge in [0.05, 0.1) is 6.07 Å². The van der Waals surface area contributed by atoms with Crippen LogP contribution in [-0.2, 0) is 0 Å². The Hall–Kier alpha value is -0.550. The van der Waals surface area contributed by atoms with E-state index in [1.165, 1.54) is 44.9 Å². The number of nitrogens with zero attached hydrogens (tertiary/aromatic N) is 2. The third-order valence-corrected chi connectivity index (χ3v) is 3.76. The van der Waals surface area contributed by atoms with Crippen LogP contribution in [0.5, 0.6) is 0 Å². The number of likely N-dealkylation sites (tertiary alicyclic amines) is 1. The first-order valence-electron chi connectivity index (χ1n) is 6.05. The minimum atomic E-state index is 0.234. The molecule has 2 heteroatoms. The van der Waals surface area contributed by atoms with Crippen molar-refractivity contribution >= 4 is 0 Å². The molecule has 1 heterocycles. The number of rotatable bonds is 2. The van der Waals surface area contributed by atoms with Crippen LogP contribution in [0.3, 0.4) is 0 Å². The number of nitriles is 1. The number of hydrogen-bond donors (Lipinski definition) is 0. The fourth-order valence-electron chi connectivity index (χ4n) is 2.95. The maximum Gasteiger partial charge on any atom is 0.101 e. The molecule has 1 saturated heterocycles. The van der Waals surface area contributed by atoms with Gasteiger partial charge in [0.25, 0.3) is 0 Å². The quantitative estimate of drug-likeness (QED) is 0.672. The molecule has 78 valence electrons. The molecule has 0 bridgehead atoms. The summed E-state index contributed by atoms with van der Waals surface area (Å²) < 4.78 is 0. The van der Waals surface area contributed by atoms with Crippen LogP contribution >= 0.6 is 0 Å². The van der Waals surface area contributed by atoms with Crippen LogP contribution < -0.4 is 0 Å². The lowest BCUT2D eigenvalue weighted by Gasteiger charge is -2.31. The van der Waals surface area contributed by atoms with E-state index in [-0.39, 0.29) is 6.04 Å². The molecular weight excluding hydrogens is 172 g/mol. The first-order chi connectivity index (χ1) is 6.92. The van der Waals surface area contributed by atoms with Gasteiger partial charge in [0.15, 0.2) is 0 Å². The van der Waals surface area contributed by atoms with Gasteiger partial charge in [-0.15, -0.1) is 0 Å². The van der Waals surface area contributed by atoms with Gasteiger partial charge in [-0.05, 0) is 44.7 Å². The fourth-order valence-corrected chi connectivity index (χ4v) is 2.95. The molecule has 2 nitrogen and oxygen atoms in total. The zero-order valence-electron chi connectivity index (χ0n) is 8.91. The summed E-state index contributed by atoms with van der Waals surface area (Å²) in [7, 11) is 0. The predicted octanol–water partition coefficient (Wildman–Crippen LogP) is 2.55. The molecular formula is C12H20N2. The lowest BCUT2D eigenvalue weighted by Crippen LogP contribution is -2.38. The molecule has 2 aliphatic rings. The van der Waals surface area contributed by atoms with Crippen LogP contribution in [0.1, 0.15) is 44.9 Å². The largest absolute Gasteiger partial charge is 0.288 e. The molecule has 1 unspecified atom stereocenters. The Morgan fingerprint density at radius 2 is 1.64 bits per heavy atom. The molecule has 1 saturated carbocycles. The Labute approximate surface area is 86.9 Å². The molecule has 0 radical (unpaired) electrons. The van der Waals surface area contributed by atoms with E-state index < -0.39 is 0 Å². The van der Waals surface area contributed by atoms with Gasteiger partial charge in [0.1, 0.15) is 6.04 Å². The monoisotopic (exact) mass is 192 g/mol. The molecule has 1 aliphatic carbocycles. The van der Waals surface area contributed by atoms with E-state index in [4.69, 9.17) is 0 Å². The first kappa shape index (κ1) is 9.98. The molecule has 1 aliphatic heterocycles. The highest BCUT2D eigenvalue weighted by atomic mass is 15.2. The predicted molar refractivity (Wildman–Crippen MR) is 56.8 cm³/mol. The third-order valence-electron chi connectivity index (χ3n) is 3.76. The van der Waals surface area contributed by atoms with Gasteiger partial charge in [-0.1, -0.05) is 19.3 Å². The smallest absolute Gasteiger partial charge is 0.101 e. The van der Waals surface area contributed by atoms with Crippen molar-refractivity contribution in [2.24, 2.45) is 5.92 Å². The van der Waals surface area contributed by atoms with Gasteiger partial charge in [0, 0.05) is 0 Å². The van der Waals surface area contributed by atoms with Crippen LogP contribution in [0.4, 0.5) is 0 Å². The molecule has 0 aromatic carbocycles. The molecule has 0 spiro atoms. The van der Waals surface area contributed by atoms with E-state index in [1.807, 2.05) is 0 Å². The van der Waals surface area contributed by atoms with E-state index >= 15 is 0 Å². The summed E-state index contributed by atoms with van der Waals surface area (Å²) >= 11 is 0. The summed E-state index contributed by atoms with van der Waals surface area (Å²) in [4.78, 5) is 2.41. The van der Waals surface area contributed by atoms with Crippen LogP contribution in [0.2, 0.25) is 0 Å². The Balaban J connectivity index is 1.93. The van der Waals surface area contributed by atoms with Gasteiger partial charge in [0.2, 0.25) is 0 Å². The van der Waals surface area contributed by atoms with E-state index in [1.54, 1.807) is 0 Å². The Morgan fingerprint density at radius 3 is 2.21 bits per heavy atom. The van der Waals surface area contributed by atoms with Crippen molar-refractivity contribution < 1.29 is 0 Å². The zero-order valence-corrected chi connectivity index (χ0v) is 8.91. The van der Waals surface area contributed by atoms with Gasteiger partial charge < -0.3 is 0 Å². The Bertz CT molecular complexity index is 207. The molecule has 2 rings (SSSR count). The van der Waals surface area contributed by atoms with E-state index in [0.29, 0.717) is 5.92 Å². The minimum Gasteiger partial charge on any atom is -0.288 e. The van der Waals surface area contributed by atoms with Gasteiger partial charge in [-0.25, -0.2) is 0 Å². The normalized spacial score (nSPS) is 27.4. The summed E-state index contributed by atoms with van der Waals surface area (Å²) in [5.74, 6) is 0.673. The summed E-state index contributed by atoms with van der Waals surface area (Å²) in [6.07, 6.45) is 9.24. The maximum absolute atomic E-state index is 9.25. The van der Waals surface area contributed by atoms with Crippen molar-refractivity contribution in [3.63, 3.8) is 0 Å². The fraction of sp³-hybridized carbons (Fsp3) is 0.917. The van der Waals surface area contributed by atoms with Crippen molar-refractivity contribution in [3.05, 3.63) is 0 Å². The van der Waals surface area contributed by atoms with Crippen LogP contribution in [0, 0.1) is 17.2 Å². The Morgan fingerprint density at radius 1 is 1.00 bits per heavy atom. The average Bonchev–Trinajstić information content (AvgIpc) is 2.74. The lowest BCUT2D eigenvalue weighted by atomic mass is 9.84. The summed E-state index contributed by atoms with van der Waals surface area (Å²) in [6, 6.07) is 2.77. The van der Waals surface area contributed by atoms with E-state index in [9.17, 15) is 5.26 Å². The van der Waals surface area contributed by atoms with E-state index in [0.717, 1.165) is 13.1 Å². The highest BCUT2D eigenvalue weighted by Gasteiger charge is 2.29. The van der Waals surface area contributed by atoms with Crippen LogP contribution in [0.25, 0.3) is 0 Å². The standard InChI is InChI=1S/C12H20N2/c13-10-12(14-8-4-5-9-14)11-6-2-1-3-7-11/h11-12H,1-9H2. The summed E-state index contributed by atoms with van der Waals surface area (Å²) in [5.41, 5.74) is 0. The topological polar surface area (TPSA) is 27.0 Å². The molecule has 2 fully saturated rings. The van der Waals surface area contributed by atoms with Gasteiger partial charge in [-0.3, -0.25) is 4.90 Å². The second kappa shape index (κ2) is 4.79. The van der Waals surface area contributed by atoms with Gasteiger partial charge >= 0.3 is 0 Å². The van der Waals surface area contributed by atoms with Gasteiger partial charge in [-0.2, -0.15) is 5.26 Å². The molecule has 0 N–H and O–H groups in total. The highest BCUT2D eigenvalue weighted by Crippen LogP contribution is 2.30. The Kier molecular flexibility index (Phi) is 3.42. The minimum absolute atomic E-state index is 0.234. The molecule has 0 amide bonds. The van der Waals surface area contributed by atoms with Crippen molar-refractivity contribution in [3.8, 4) is 6.07 Å². The SMILES string of the molecule is N#CC(C1CCCCC1)N1CCCC1. The second-order valence-corrected chi connectivity index (χ2v) is 4.72. The molecule has 0 aromatic heterocycles. The van der Waals surface area contributed by atoms with Crippen molar-refractivity contribution in [2.45, 2.75) is 51.0 Å². The van der Waals surface area contributed by atoms with Crippen molar-refractivity contribution in [2.75, 3.05) is 13.1 Å². The lowest BCUT2D eigenvalue weighted by molar-refractivity contribution is 0.183. The molecule has 0 aromatic rings. The number of hydrogen-bond acceptors (Lipinski definition) is 2. The van der Waals surface area contributed by atoms with E-state index in [2.05, 4.69) is 11.0 Å². The third kappa shape index (κ3) is 2.09. The summed E-state index contributed by atoms with van der Waals surface area (Å²) in [5, 5.41) is 9.25. The maximum atomic E-state index is 9.25. The zero-order chi connectivity index (χ0) is 9.80. The van der Waals surface area contributed by atoms with Crippen molar-refractivity contribution in [1.29, 1.82) is 5.26 Å². The van der Waals surface area contributed by atoms with Crippen LogP contribution in [-0.4, -0.2) is 24.0 Å². The second-order valence-electron chi connectivity index (χ2n) is 4.72. The molecule has 14 heavy (non-hydrogen) atoms. The van der Waals surface area contributed by atoms with Crippen LogP contribution in [0.15, 0.2) is 0 Å². The summed E-state index contributed by atoms with van der Waals surface area (Å²) in [6.45, 7) is 2.32. The first-order valence-corrected chi connectivity index (χ1v) is 6.05. The highest BCUT2D eigenvalue weighted by molar-refractivity contribution is 4.98. The van der Waals surface area contributed by atoms with Crippen molar-refractivity contribution in [1.82, 2.24) is 4.90 Å². The molecule has 1 atom stereocenters.